The van der Waals surface area contributed by atoms with Crippen molar-refractivity contribution in [1.82, 2.24) is 10.3 Å². The fraction of sp³-hybridized carbons (Fsp3) is 0.448. The van der Waals surface area contributed by atoms with Crippen LogP contribution in [0.2, 0.25) is 0 Å². The van der Waals surface area contributed by atoms with Crippen LogP contribution in [-0.4, -0.2) is 16.9 Å². The first-order valence-electron chi connectivity index (χ1n) is 12.1. The number of nitrogens with one attached hydrogen (secondary N) is 1. The predicted molar refractivity (Wildman–Crippen MR) is 132 cm³/mol. The normalized spacial score (nSPS) is 23.4. The molecule has 3 aromatic rings. The Morgan fingerprint density at radius 2 is 1.78 bits per heavy atom. The molecule has 3 heteroatoms. The molecule has 1 heterocycles. The van der Waals surface area contributed by atoms with Gasteiger partial charge in [0.15, 0.2) is 0 Å². The molecule has 1 aromatic heterocycles. The minimum atomic E-state index is 0.0198. The molecule has 32 heavy (non-hydrogen) atoms. The summed E-state index contributed by atoms with van der Waals surface area (Å²) >= 11 is 0. The topological polar surface area (TPSA) is 42.0 Å². The monoisotopic (exact) mass is 426 g/mol. The van der Waals surface area contributed by atoms with E-state index in [1.165, 1.54) is 31.2 Å². The Morgan fingerprint density at radius 3 is 2.44 bits per heavy atom. The smallest absolute Gasteiger partial charge is 0.252 e. The summed E-state index contributed by atoms with van der Waals surface area (Å²) in [7, 11) is 0. The molecule has 5 rings (SSSR count). The third-order valence-corrected chi connectivity index (χ3v) is 7.80. The number of carbonyl (C=O) groups is 1. The van der Waals surface area contributed by atoms with Crippen LogP contribution in [0.1, 0.15) is 69.3 Å². The summed E-state index contributed by atoms with van der Waals surface area (Å²) in [5, 5.41) is 4.27. The highest BCUT2D eigenvalue weighted by Gasteiger charge is 2.42. The van der Waals surface area contributed by atoms with Gasteiger partial charge in [-0.1, -0.05) is 69.7 Å². The summed E-state index contributed by atoms with van der Waals surface area (Å²) in [6.07, 6.45) is 5.35. The van der Waals surface area contributed by atoms with Gasteiger partial charge in [0.25, 0.3) is 5.91 Å². The minimum Gasteiger partial charge on any atom is -0.349 e. The van der Waals surface area contributed by atoms with Gasteiger partial charge in [0, 0.05) is 17.0 Å². The molecule has 0 saturated heterocycles. The van der Waals surface area contributed by atoms with Crippen molar-refractivity contribution in [3.8, 4) is 11.3 Å². The number of amides is 1. The van der Waals surface area contributed by atoms with E-state index in [-0.39, 0.29) is 17.4 Å². The van der Waals surface area contributed by atoms with E-state index < -0.39 is 0 Å². The fourth-order valence-corrected chi connectivity index (χ4v) is 5.95. The highest BCUT2D eigenvalue weighted by molar-refractivity contribution is 6.07. The van der Waals surface area contributed by atoms with Crippen molar-refractivity contribution in [1.29, 1.82) is 0 Å². The third kappa shape index (κ3) is 3.94. The molecule has 0 aliphatic heterocycles. The van der Waals surface area contributed by atoms with E-state index in [4.69, 9.17) is 4.98 Å². The van der Waals surface area contributed by atoms with E-state index in [1.54, 1.807) is 0 Å². The number of pyridine rings is 1. The lowest BCUT2D eigenvalue weighted by atomic mass is 9.84. The Labute approximate surface area is 191 Å². The van der Waals surface area contributed by atoms with E-state index >= 15 is 0 Å². The lowest BCUT2D eigenvalue weighted by Gasteiger charge is -2.28. The van der Waals surface area contributed by atoms with Gasteiger partial charge in [-0.05, 0) is 67.1 Å². The lowest BCUT2D eigenvalue weighted by Crippen LogP contribution is -2.40. The summed E-state index contributed by atoms with van der Waals surface area (Å²) in [6.45, 7) is 8.85. The largest absolute Gasteiger partial charge is 0.349 e. The van der Waals surface area contributed by atoms with E-state index in [2.05, 4.69) is 57.3 Å². The number of rotatable bonds is 4. The van der Waals surface area contributed by atoms with Gasteiger partial charge in [0.2, 0.25) is 0 Å². The maximum absolute atomic E-state index is 13.5. The molecular weight excluding hydrogens is 392 g/mol. The summed E-state index contributed by atoms with van der Waals surface area (Å²) in [4.78, 5) is 18.4. The van der Waals surface area contributed by atoms with E-state index in [0.717, 1.165) is 39.6 Å². The highest BCUT2D eigenvalue weighted by atomic mass is 16.1. The van der Waals surface area contributed by atoms with Crippen molar-refractivity contribution in [2.75, 3.05) is 0 Å². The summed E-state index contributed by atoms with van der Waals surface area (Å²) in [5.74, 6) is 2.32. The molecule has 0 spiro atoms. The first-order chi connectivity index (χ1) is 15.3. The lowest BCUT2D eigenvalue weighted by molar-refractivity contribution is 0.0917. The maximum Gasteiger partial charge on any atom is 0.252 e. The van der Waals surface area contributed by atoms with Crippen LogP contribution in [0.4, 0.5) is 0 Å². The Balaban J connectivity index is 1.46. The number of aromatic nitrogens is 1. The van der Waals surface area contributed by atoms with Crippen molar-refractivity contribution in [2.45, 2.75) is 64.8 Å². The van der Waals surface area contributed by atoms with Crippen LogP contribution in [0.3, 0.4) is 0 Å². The molecule has 2 saturated carbocycles. The molecule has 166 valence electrons. The van der Waals surface area contributed by atoms with Crippen molar-refractivity contribution in [3.05, 3.63) is 65.7 Å². The molecule has 2 aromatic carbocycles. The molecule has 2 aliphatic rings. The molecule has 1 amide bonds. The van der Waals surface area contributed by atoms with E-state index in [9.17, 15) is 4.79 Å². The maximum atomic E-state index is 13.5. The van der Waals surface area contributed by atoms with Gasteiger partial charge in [-0.25, -0.2) is 4.98 Å². The Morgan fingerprint density at radius 1 is 1.03 bits per heavy atom. The van der Waals surface area contributed by atoms with Gasteiger partial charge >= 0.3 is 0 Å². The molecule has 2 fully saturated rings. The second kappa shape index (κ2) is 8.03. The Kier molecular flexibility index (Phi) is 5.31. The fourth-order valence-electron chi connectivity index (χ4n) is 5.95. The zero-order valence-electron chi connectivity index (χ0n) is 19.7. The number of hydrogen-bond acceptors (Lipinski definition) is 2. The Bertz CT molecular complexity index is 1140. The van der Waals surface area contributed by atoms with E-state index in [1.807, 2.05) is 30.3 Å². The quantitative estimate of drug-likeness (QED) is 0.501. The minimum absolute atomic E-state index is 0.0198. The molecule has 0 unspecified atom stereocenters. The molecule has 4 atom stereocenters. The number of hydrogen-bond donors (Lipinski definition) is 1. The van der Waals surface area contributed by atoms with Gasteiger partial charge < -0.3 is 5.32 Å². The highest BCUT2D eigenvalue weighted by Crippen LogP contribution is 2.49. The van der Waals surface area contributed by atoms with Crippen LogP contribution < -0.4 is 5.32 Å². The van der Waals surface area contributed by atoms with Gasteiger partial charge in [0.1, 0.15) is 0 Å². The van der Waals surface area contributed by atoms with Crippen molar-refractivity contribution in [3.63, 3.8) is 0 Å². The molecule has 1 N–H and O–H groups in total. The van der Waals surface area contributed by atoms with Gasteiger partial charge in [-0.3, -0.25) is 4.79 Å². The number of nitrogens with zero attached hydrogens (tertiary/aromatic N) is 1. The zero-order chi connectivity index (χ0) is 22.5. The first kappa shape index (κ1) is 21.2. The first-order valence-corrected chi connectivity index (χ1v) is 12.1. The molecular formula is C29H34N2O. The number of para-hydroxylation sites is 1. The van der Waals surface area contributed by atoms with Crippen LogP contribution in [0.5, 0.6) is 0 Å². The SMILES string of the molecule is C[C@H](NC(=O)c1cc(-c2ccc(C(C)(C)C)cc2)nc2ccccc12)[C@@H]1C[C@@H]2CC[C@@H]1C2. The van der Waals surface area contributed by atoms with Crippen LogP contribution in [0.25, 0.3) is 22.2 Å². The molecule has 2 bridgehead atoms. The number of fused-ring (bicyclic) bond motifs is 3. The van der Waals surface area contributed by atoms with Gasteiger partial charge in [-0.2, -0.15) is 0 Å². The van der Waals surface area contributed by atoms with Crippen LogP contribution in [0, 0.1) is 17.8 Å². The van der Waals surface area contributed by atoms with Crippen molar-refractivity contribution >= 4 is 16.8 Å². The zero-order valence-corrected chi connectivity index (χ0v) is 19.7. The number of carbonyl (C=O) groups excluding carboxylic acids is 1. The Hall–Kier alpha value is -2.68. The predicted octanol–water partition coefficient (Wildman–Crippen LogP) is 6.75. The van der Waals surface area contributed by atoms with Crippen LogP contribution >= 0.6 is 0 Å². The standard InChI is InChI=1S/C29H34N2O/c1-18(24-16-19-9-10-21(24)15-19)30-28(32)25-17-27(31-26-8-6-5-7-23(25)26)20-11-13-22(14-12-20)29(2,3)4/h5-8,11-14,17-19,21,24H,9-10,15-16H2,1-4H3,(H,30,32)/t18-,19+,21+,24-/m0/s1. The van der Waals surface area contributed by atoms with Crippen LogP contribution in [0.15, 0.2) is 54.6 Å². The van der Waals surface area contributed by atoms with Gasteiger partial charge in [-0.15, -0.1) is 0 Å². The third-order valence-electron chi connectivity index (χ3n) is 7.80. The average Bonchev–Trinajstić information content (AvgIpc) is 3.42. The van der Waals surface area contributed by atoms with Crippen LogP contribution in [-0.2, 0) is 5.41 Å². The molecule has 0 radical (unpaired) electrons. The molecule has 2 aliphatic carbocycles. The van der Waals surface area contributed by atoms with Crippen molar-refractivity contribution < 1.29 is 4.79 Å². The summed E-state index contributed by atoms with van der Waals surface area (Å²) in [6, 6.07) is 18.7. The number of benzene rings is 2. The van der Waals surface area contributed by atoms with Gasteiger partial charge in [0.05, 0.1) is 16.8 Å². The van der Waals surface area contributed by atoms with Crippen molar-refractivity contribution in [2.24, 2.45) is 17.8 Å². The summed E-state index contributed by atoms with van der Waals surface area (Å²) in [5.41, 5.74) is 4.87. The second-order valence-corrected chi connectivity index (χ2v) is 11.0. The average molecular weight is 427 g/mol. The second-order valence-electron chi connectivity index (χ2n) is 11.0. The molecule has 3 nitrogen and oxygen atoms in total. The summed E-state index contributed by atoms with van der Waals surface area (Å²) < 4.78 is 0. The van der Waals surface area contributed by atoms with E-state index in [0.29, 0.717) is 5.92 Å².